The van der Waals surface area contributed by atoms with Crippen LogP contribution in [0.3, 0.4) is 0 Å². The molecule has 3 aliphatic heterocycles. The van der Waals surface area contributed by atoms with Gasteiger partial charge in [-0.2, -0.15) is 23.5 Å². The van der Waals surface area contributed by atoms with Crippen LogP contribution >= 0.6 is 0 Å². The summed E-state index contributed by atoms with van der Waals surface area (Å²) in [7, 11) is -2.43. The second-order valence-electron chi connectivity index (χ2n) is 12.7. The number of halogens is 3. The highest BCUT2D eigenvalue weighted by Gasteiger charge is 2.48. The predicted octanol–water partition coefficient (Wildman–Crippen LogP) is 3.38. The first kappa shape index (κ1) is 31.1. The molecule has 0 spiro atoms. The Morgan fingerprint density at radius 3 is 2.48 bits per heavy atom. The molecule has 4 fully saturated rings. The van der Waals surface area contributed by atoms with Crippen LogP contribution in [0.15, 0.2) is 29.2 Å². The van der Waals surface area contributed by atoms with Gasteiger partial charge in [-0.25, -0.2) is 13.1 Å². The van der Waals surface area contributed by atoms with Gasteiger partial charge >= 0.3 is 6.18 Å². The highest BCUT2D eigenvalue weighted by Crippen LogP contribution is 2.42. The van der Waals surface area contributed by atoms with E-state index < -0.39 is 37.3 Å². The van der Waals surface area contributed by atoms with E-state index in [1.165, 1.54) is 6.07 Å². The number of anilines is 2. The van der Waals surface area contributed by atoms with Crippen LogP contribution in [0.2, 0.25) is 0 Å². The van der Waals surface area contributed by atoms with E-state index in [9.17, 15) is 26.9 Å². The molecule has 14 heteroatoms. The van der Waals surface area contributed by atoms with Gasteiger partial charge in [0.1, 0.15) is 11.4 Å². The maximum atomic E-state index is 14.5. The maximum Gasteiger partial charge on any atom is 0.417 e. The Balaban J connectivity index is 1.33. The summed E-state index contributed by atoms with van der Waals surface area (Å²) in [6, 6.07) is 7.60. The monoisotopic (exact) mass is 635 g/mol. The van der Waals surface area contributed by atoms with Crippen LogP contribution in [-0.2, 0) is 20.8 Å². The van der Waals surface area contributed by atoms with Crippen molar-refractivity contribution in [2.75, 3.05) is 69.3 Å². The molecule has 1 N–H and O–H groups in total. The predicted molar refractivity (Wildman–Crippen MR) is 160 cm³/mol. The summed E-state index contributed by atoms with van der Waals surface area (Å²) in [5, 5.41) is 16.6. The van der Waals surface area contributed by atoms with Crippen LogP contribution < -0.4 is 15.1 Å². The van der Waals surface area contributed by atoms with Crippen molar-refractivity contribution in [2.24, 2.45) is 0 Å². The average Bonchev–Trinajstić information content (AvgIpc) is 3.49. The first-order valence-electron chi connectivity index (χ1n) is 15.4. The fourth-order valence-corrected chi connectivity index (χ4v) is 8.61. The number of nitriles is 1. The minimum absolute atomic E-state index is 0.0279. The molecule has 4 aliphatic rings. The topological polar surface area (TPSA) is 107 Å². The van der Waals surface area contributed by atoms with E-state index in [1.807, 2.05) is 34.5 Å². The van der Waals surface area contributed by atoms with Crippen LogP contribution in [0.1, 0.15) is 49.4 Å². The van der Waals surface area contributed by atoms with Crippen molar-refractivity contribution >= 4 is 21.3 Å². The largest absolute Gasteiger partial charge is 0.417 e. The third-order valence-electron chi connectivity index (χ3n) is 9.57. The summed E-state index contributed by atoms with van der Waals surface area (Å²) in [6.45, 7) is 6.00. The molecular weight excluding hydrogens is 595 g/mol. The molecule has 0 bridgehead atoms. The fourth-order valence-electron chi connectivity index (χ4n) is 6.68. The zero-order valence-electron chi connectivity index (χ0n) is 25.2. The molecule has 1 saturated carbocycles. The number of ether oxygens (including phenoxy) is 1. The molecule has 4 heterocycles. The summed E-state index contributed by atoms with van der Waals surface area (Å²) in [5.74, 6) is 0.752. The lowest BCUT2D eigenvalue weighted by atomic mass is 10.1. The van der Waals surface area contributed by atoms with E-state index in [-0.39, 0.29) is 25.0 Å². The van der Waals surface area contributed by atoms with Crippen molar-refractivity contribution in [1.82, 2.24) is 20.0 Å². The normalized spacial score (nSPS) is 24.9. The van der Waals surface area contributed by atoms with Gasteiger partial charge in [0.15, 0.2) is 9.84 Å². The molecule has 1 aliphatic carbocycles. The third kappa shape index (κ3) is 6.16. The molecule has 1 aromatic heterocycles. The molecule has 10 nitrogen and oxygen atoms in total. The Morgan fingerprint density at radius 1 is 1.14 bits per heavy atom. The van der Waals surface area contributed by atoms with Crippen LogP contribution in [0, 0.1) is 18.3 Å². The lowest BCUT2D eigenvalue weighted by molar-refractivity contribution is -0.139. The van der Waals surface area contributed by atoms with Crippen molar-refractivity contribution < 1.29 is 26.3 Å². The molecule has 3 saturated heterocycles. The average molecular weight is 636 g/mol. The highest BCUT2D eigenvalue weighted by atomic mass is 32.2. The van der Waals surface area contributed by atoms with Crippen molar-refractivity contribution in [1.29, 1.82) is 5.26 Å². The Kier molecular flexibility index (Phi) is 8.36. The number of nitrogens with zero attached hydrogens (tertiary/aromatic N) is 6. The van der Waals surface area contributed by atoms with E-state index in [4.69, 9.17) is 9.84 Å². The Bertz CT molecular complexity index is 1500. The fraction of sp³-hybridized carbons (Fsp3) is 0.667. The summed E-state index contributed by atoms with van der Waals surface area (Å²) in [6.07, 6.45) is -1.75. The number of likely N-dealkylation sites (N-methyl/N-ethyl adjacent to an activating group) is 1. The Labute approximate surface area is 256 Å². The number of aromatic nitrogens is 2. The number of rotatable bonds is 8. The van der Waals surface area contributed by atoms with Gasteiger partial charge in [-0.05, 0) is 64.3 Å². The lowest BCUT2D eigenvalue weighted by Gasteiger charge is -2.34. The zero-order chi connectivity index (χ0) is 31.3. The third-order valence-corrected chi connectivity index (χ3v) is 11.8. The van der Waals surface area contributed by atoms with E-state index >= 15 is 0 Å². The number of benzene rings is 1. The van der Waals surface area contributed by atoms with Crippen LogP contribution in [0.5, 0.6) is 0 Å². The Morgan fingerprint density at radius 2 is 1.84 bits per heavy atom. The van der Waals surface area contributed by atoms with E-state index in [0.29, 0.717) is 64.5 Å². The molecule has 0 radical (unpaired) electrons. The number of nitrogens with one attached hydrogen (secondary N) is 1. The Hall–Kier alpha value is -2.86. The van der Waals surface area contributed by atoms with Gasteiger partial charge in [0.05, 0.1) is 33.5 Å². The van der Waals surface area contributed by atoms with Crippen molar-refractivity contribution in [3.05, 3.63) is 35.5 Å². The van der Waals surface area contributed by atoms with Gasteiger partial charge in [-0.3, -0.25) is 5.32 Å². The smallest absolute Gasteiger partial charge is 0.381 e. The molecular formula is C30H40F3N7O3S. The van der Waals surface area contributed by atoms with E-state index in [1.54, 1.807) is 0 Å². The molecule has 44 heavy (non-hydrogen) atoms. The number of piperazine rings is 1. The van der Waals surface area contributed by atoms with E-state index in [2.05, 4.69) is 16.3 Å². The lowest BCUT2D eigenvalue weighted by Crippen LogP contribution is -2.44. The van der Waals surface area contributed by atoms with Gasteiger partial charge in [0, 0.05) is 70.3 Å². The van der Waals surface area contributed by atoms with Gasteiger partial charge in [-0.15, -0.1) is 0 Å². The number of sulfone groups is 1. The first-order chi connectivity index (χ1) is 20.9. The van der Waals surface area contributed by atoms with Gasteiger partial charge < -0.3 is 19.4 Å². The second-order valence-corrected chi connectivity index (χ2v) is 14.9. The van der Waals surface area contributed by atoms with Crippen molar-refractivity contribution in [2.45, 2.75) is 73.0 Å². The first-order valence-corrected chi connectivity index (χ1v) is 16.9. The maximum absolute atomic E-state index is 14.5. The second kappa shape index (κ2) is 11.8. The van der Waals surface area contributed by atoms with Crippen LogP contribution in [-0.4, -0.2) is 99.5 Å². The quantitative estimate of drug-likeness (QED) is 0.467. The molecule has 2 aromatic rings. The molecule has 0 amide bonds. The molecule has 2 atom stereocenters. The zero-order valence-corrected chi connectivity index (χ0v) is 26.0. The standard InChI is InChI=1S/C30H40F3N7O3S/c1-21-15-28(40(36-21)22-5-13-43-14-6-22)39-19-25(16-24(39)18-35-29(20-34)7-8-29)44(41,42)27-4-3-23(17-26(27)30(31,32)33)38-11-9-37(2)10-12-38/h3-4,15,17,22,24-25,35H,5-14,16,18-19H2,1-2H3/t24-,25+/m0/s1. The molecule has 6 rings (SSSR count). The summed E-state index contributed by atoms with van der Waals surface area (Å²) in [5.41, 5.74) is -0.589. The van der Waals surface area contributed by atoms with E-state index in [0.717, 1.165) is 36.5 Å². The van der Waals surface area contributed by atoms with Gasteiger partial charge in [0.25, 0.3) is 0 Å². The SMILES string of the molecule is Cc1cc(N2C[C@H](S(=O)(=O)c3ccc(N4CCN(C)CC4)cc3C(F)(F)F)C[C@H]2CNC2(C#N)CC2)n(C2CCOCC2)n1. The number of aryl methyl sites for hydroxylation is 1. The highest BCUT2D eigenvalue weighted by molar-refractivity contribution is 7.92. The molecule has 240 valence electrons. The van der Waals surface area contributed by atoms with Crippen LogP contribution in [0.4, 0.5) is 24.7 Å². The molecule has 1 aromatic carbocycles. The summed E-state index contributed by atoms with van der Waals surface area (Å²) in [4.78, 5) is 5.28. The molecule has 0 unspecified atom stereocenters. The van der Waals surface area contributed by atoms with Crippen LogP contribution in [0.25, 0.3) is 0 Å². The van der Waals surface area contributed by atoms with Crippen molar-refractivity contribution in [3.8, 4) is 6.07 Å². The minimum Gasteiger partial charge on any atom is -0.381 e. The summed E-state index contributed by atoms with van der Waals surface area (Å²) < 4.78 is 79.3. The van der Waals surface area contributed by atoms with Gasteiger partial charge in [-0.1, -0.05) is 0 Å². The number of hydrogen-bond donors (Lipinski definition) is 1. The van der Waals surface area contributed by atoms with Gasteiger partial charge in [0.2, 0.25) is 0 Å². The number of hydrogen-bond acceptors (Lipinski definition) is 9. The summed E-state index contributed by atoms with van der Waals surface area (Å²) >= 11 is 0. The minimum atomic E-state index is -4.84. The van der Waals surface area contributed by atoms with Crippen molar-refractivity contribution in [3.63, 3.8) is 0 Å². The number of alkyl halides is 3.